The maximum atomic E-state index is 11.7. The van der Waals surface area contributed by atoms with E-state index in [2.05, 4.69) is 65.7 Å². The first-order chi connectivity index (χ1) is 16.3. The quantitative estimate of drug-likeness (QED) is 0.550. The maximum Gasteiger partial charge on any atom is 0.407 e. The molecular formula is C27H34N4O3. The number of fused-ring (bicyclic) bond motifs is 1. The summed E-state index contributed by atoms with van der Waals surface area (Å²) in [5.74, 6) is 1.57. The van der Waals surface area contributed by atoms with Gasteiger partial charge >= 0.3 is 6.09 Å². The van der Waals surface area contributed by atoms with Crippen LogP contribution in [0, 0.1) is 5.41 Å². The molecule has 180 valence electrons. The maximum absolute atomic E-state index is 11.7. The highest BCUT2D eigenvalue weighted by Crippen LogP contribution is 2.34. The Labute approximate surface area is 200 Å². The molecule has 2 fully saturated rings. The molecule has 7 heteroatoms. The largest absolute Gasteiger partial charge is 0.489 e. The summed E-state index contributed by atoms with van der Waals surface area (Å²) in [6.07, 6.45) is 6.87. The zero-order chi connectivity index (χ0) is 23.9. The van der Waals surface area contributed by atoms with Crippen LogP contribution in [-0.4, -0.2) is 57.4 Å². The normalized spacial score (nSPS) is 21.3. The highest BCUT2D eigenvalue weighted by Gasteiger charge is 2.39. The molecule has 2 atom stereocenters. The molecular weight excluding hydrogens is 428 g/mol. The van der Waals surface area contributed by atoms with Gasteiger partial charge in [-0.15, -0.1) is 0 Å². The van der Waals surface area contributed by atoms with E-state index in [0.29, 0.717) is 19.4 Å². The molecule has 2 unspecified atom stereocenters. The first-order valence-electron chi connectivity index (χ1n) is 12.3. The van der Waals surface area contributed by atoms with Gasteiger partial charge in [0.05, 0.1) is 11.7 Å². The van der Waals surface area contributed by atoms with E-state index < -0.39 is 6.09 Å². The van der Waals surface area contributed by atoms with Crippen LogP contribution in [0.15, 0.2) is 48.8 Å². The standard InChI is InChI=1S/C27H34N4O3/c1-27(2,3)24-17-21(11-15-31(24)26(32)33)34-22-7-9-25(28-18-22)30-14-10-19-16-20(6-8-23(19)30)29-12-4-5-13-29/h6-10,14,16,18,21,24H,4-5,11-13,15,17H2,1-3H3,(H,32,33). The van der Waals surface area contributed by atoms with Gasteiger partial charge in [-0.1, -0.05) is 20.8 Å². The molecule has 4 heterocycles. The van der Waals surface area contributed by atoms with E-state index in [1.807, 2.05) is 12.1 Å². The van der Waals surface area contributed by atoms with Crippen LogP contribution in [0.1, 0.15) is 46.5 Å². The van der Waals surface area contributed by atoms with Gasteiger partial charge in [0, 0.05) is 55.8 Å². The second kappa shape index (κ2) is 8.85. The van der Waals surface area contributed by atoms with Crippen molar-refractivity contribution < 1.29 is 14.6 Å². The minimum absolute atomic E-state index is 0.0242. The van der Waals surface area contributed by atoms with Crippen molar-refractivity contribution in [1.29, 1.82) is 0 Å². The van der Waals surface area contributed by atoms with E-state index in [1.54, 1.807) is 11.1 Å². The van der Waals surface area contributed by atoms with Crippen molar-refractivity contribution in [1.82, 2.24) is 14.5 Å². The Hall–Kier alpha value is -3.22. The lowest BCUT2D eigenvalue weighted by atomic mass is 9.80. The molecule has 2 aromatic heterocycles. The van der Waals surface area contributed by atoms with Crippen LogP contribution >= 0.6 is 0 Å². The van der Waals surface area contributed by atoms with E-state index in [0.717, 1.165) is 30.2 Å². The number of rotatable bonds is 4. The molecule has 5 rings (SSSR count). The van der Waals surface area contributed by atoms with Crippen LogP contribution in [-0.2, 0) is 0 Å². The minimum atomic E-state index is -0.851. The number of aromatic nitrogens is 2. The molecule has 0 radical (unpaired) electrons. The van der Waals surface area contributed by atoms with Crippen LogP contribution < -0.4 is 9.64 Å². The molecule has 1 amide bonds. The topological polar surface area (TPSA) is 70.8 Å². The Morgan fingerprint density at radius 1 is 1.09 bits per heavy atom. The van der Waals surface area contributed by atoms with Crippen molar-refractivity contribution >= 4 is 22.7 Å². The van der Waals surface area contributed by atoms with Crippen LogP contribution in [0.5, 0.6) is 5.75 Å². The number of amides is 1. The van der Waals surface area contributed by atoms with Crippen molar-refractivity contribution in [2.75, 3.05) is 24.5 Å². The van der Waals surface area contributed by atoms with Gasteiger partial charge in [-0.25, -0.2) is 9.78 Å². The summed E-state index contributed by atoms with van der Waals surface area (Å²) in [7, 11) is 0. The molecule has 1 aromatic carbocycles. The Balaban J connectivity index is 1.29. The minimum Gasteiger partial charge on any atom is -0.489 e. The molecule has 2 aliphatic heterocycles. The van der Waals surface area contributed by atoms with Gasteiger partial charge in [-0.2, -0.15) is 0 Å². The lowest BCUT2D eigenvalue weighted by Gasteiger charge is -2.44. The number of anilines is 1. The Kier molecular flexibility index (Phi) is 5.88. The number of likely N-dealkylation sites (tertiary alicyclic amines) is 1. The van der Waals surface area contributed by atoms with Crippen LogP contribution in [0.2, 0.25) is 0 Å². The predicted molar refractivity (Wildman–Crippen MR) is 134 cm³/mol. The molecule has 1 N–H and O–H groups in total. The zero-order valence-corrected chi connectivity index (χ0v) is 20.3. The summed E-state index contributed by atoms with van der Waals surface area (Å²) in [6.45, 7) is 9.02. The number of carboxylic acid groups (broad SMARTS) is 1. The number of piperidine rings is 1. The fourth-order valence-corrected chi connectivity index (χ4v) is 5.37. The van der Waals surface area contributed by atoms with Gasteiger partial charge in [0.1, 0.15) is 17.7 Å². The van der Waals surface area contributed by atoms with Gasteiger partial charge in [0.15, 0.2) is 0 Å². The molecule has 0 spiro atoms. The van der Waals surface area contributed by atoms with Gasteiger partial charge in [-0.05, 0) is 54.7 Å². The van der Waals surface area contributed by atoms with Gasteiger partial charge < -0.3 is 24.2 Å². The SMILES string of the molecule is CC(C)(C)C1CC(Oc2ccc(-n3ccc4cc(N5CCCC5)ccc43)nc2)CCN1C(=O)O. The summed E-state index contributed by atoms with van der Waals surface area (Å²) >= 11 is 0. The highest BCUT2D eigenvalue weighted by atomic mass is 16.5. The van der Waals surface area contributed by atoms with Crippen molar-refractivity contribution in [3.05, 3.63) is 48.8 Å². The van der Waals surface area contributed by atoms with Crippen molar-refractivity contribution in [2.24, 2.45) is 5.41 Å². The molecule has 34 heavy (non-hydrogen) atoms. The Bertz CT molecular complexity index is 1160. The van der Waals surface area contributed by atoms with Gasteiger partial charge in [-0.3, -0.25) is 0 Å². The second-order valence-corrected chi connectivity index (χ2v) is 10.6. The van der Waals surface area contributed by atoms with Crippen molar-refractivity contribution in [3.8, 4) is 11.6 Å². The first-order valence-corrected chi connectivity index (χ1v) is 12.3. The molecule has 7 nitrogen and oxygen atoms in total. The summed E-state index contributed by atoms with van der Waals surface area (Å²) < 4.78 is 8.35. The van der Waals surface area contributed by atoms with E-state index in [4.69, 9.17) is 4.74 Å². The van der Waals surface area contributed by atoms with E-state index in [9.17, 15) is 9.90 Å². The average Bonchev–Trinajstić information content (AvgIpc) is 3.49. The van der Waals surface area contributed by atoms with Crippen LogP contribution in [0.4, 0.5) is 10.5 Å². The zero-order valence-electron chi connectivity index (χ0n) is 20.3. The van der Waals surface area contributed by atoms with Crippen LogP contribution in [0.25, 0.3) is 16.7 Å². The van der Waals surface area contributed by atoms with Crippen LogP contribution in [0.3, 0.4) is 0 Å². The molecule has 3 aromatic rings. The number of carbonyl (C=O) groups is 1. The monoisotopic (exact) mass is 462 g/mol. The summed E-state index contributed by atoms with van der Waals surface area (Å²) in [5.41, 5.74) is 2.28. The third-order valence-corrected chi connectivity index (χ3v) is 7.22. The van der Waals surface area contributed by atoms with Gasteiger partial charge in [0.2, 0.25) is 0 Å². The van der Waals surface area contributed by atoms with Gasteiger partial charge in [0.25, 0.3) is 0 Å². The lowest BCUT2D eigenvalue weighted by molar-refractivity contribution is 0.0129. The summed E-state index contributed by atoms with van der Waals surface area (Å²) in [5, 5.41) is 10.8. The van der Waals surface area contributed by atoms with E-state index in [1.165, 1.54) is 23.9 Å². The molecule has 2 saturated heterocycles. The van der Waals surface area contributed by atoms with E-state index in [-0.39, 0.29) is 17.6 Å². The third-order valence-electron chi connectivity index (χ3n) is 7.22. The number of pyridine rings is 1. The third kappa shape index (κ3) is 4.43. The fraction of sp³-hybridized carbons (Fsp3) is 0.481. The summed E-state index contributed by atoms with van der Waals surface area (Å²) in [6, 6.07) is 12.7. The number of hydrogen-bond acceptors (Lipinski definition) is 4. The predicted octanol–water partition coefficient (Wildman–Crippen LogP) is 5.56. The summed E-state index contributed by atoms with van der Waals surface area (Å²) in [4.78, 5) is 20.4. The van der Waals surface area contributed by atoms with E-state index >= 15 is 0 Å². The highest BCUT2D eigenvalue weighted by molar-refractivity contribution is 5.85. The first kappa shape index (κ1) is 22.6. The molecule has 0 bridgehead atoms. The number of ether oxygens (including phenoxy) is 1. The fourth-order valence-electron chi connectivity index (χ4n) is 5.37. The molecule has 2 aliphatic rings. The average molecular weight is 463 g/mol. The molecule has 0 aliphatic carbocycles. The Morgan fingerprint density at radius 3 is 2.56 bits per heavy atom. The number of nitrogens with zero attached hydrogens (tertiary/aromatic N) is 4. The Morgan fingerprint density at radius 2 is 1.88 bits per heavy atom. The molecule has 0 saturated carbocycles. The second-order valence-electron chi connectivity index (χ2n) is 10.6. The smallest absolute Gasteiger partial charge is 0.407 e. The number of benzene rings is 1. The van der Waals surface area contributed by atoms with Crippen molar-refractivity contribution in [3.63, 3.8) is 0 Å². The number of hydrogen-bond donors (Lipinski definition) is 1. The lowest BCUT2D eigenvalue weighted by Crippen LogP contribution is -2.53. The van der Waals surface area contributed by atoms with Crippen molar-refractivity contribution in [2.45, 2.75) is 58.6 Å².